The molecule has 124 valence electrons. The second-order valence-electron chi connectivity index (χ2n) is 5.29. The number of rotatable bonds is 4. The summed E-state index contributed by atoms with van der Waals surface area (Å²) in [6, 6.07) is 11.7. The number of hydrogen-bond acceptors (Lipinski definition) is 5. The number of nitrogens with one attached hydrogen (secondary N) is 2. The lowest BCUT2D eigenvalue weighted by molar-refractivity contribution is 0.0692. The number of aromatic carboxylic acids is 1. The summed E-state index contributed by atoms with van der Waals surface area (Å²) in [4.78, 5) is 15.4. The van der Waals surface area contributed by atoms with Crippen molar-refractivity contribution in [2.24, 2.45) is 0 Å². The van der Waals surface area contributed by atoms with E-state index in [0.29, 0.717) is 10.5 Å². The number of carboxylic acid groups (broad SMARTS) is 1. The third-order valence-electron chi connectivity index (χ3n) is 3.64. The third kappa shape index (κ3) is 3.01. The van der Waals surface area contributed by atoms with Crippen LogP contribution in [0.2, 0.25) is 0 Å². The number of carboxylic acids is 1. The standard InChI is InChI=1S/C17H11BrN4O2S/c18-10-3-1-9(2-4-10)13-7-12-15(25-13)14(17(23)24)21-22-16(12)20-11-5-6-19-8-11/h1-8,19H,(H,20,22)(H,23,24). The number of thiophene rings is 1. The van der Waals surface area contributed by atoms with Crippen LogP contribution in [-0.2, 0) is 0 Å². The van der Waals surface area contributed by atoms with Crippen LogP contribution in [0, 0.1) is 0 Å². The molecule has 1 aromatic carbocycles. The van der Waals surface area contributed by atoms with Gasteiger partial charge in [0.15, 0.2) is 11.5 Å². The molecule has 3 heterocycles. The second-order valence-corrected chi connectivity index (χ2v) is 7.26. The zero-order valence-electron chi connectivity index (χ0n) is 12.7. The molecule has 0 fully saturated rings. The Labute approximate surface area is 154 Å². The quantitative estimate of drug-likeness (QED) is 0.442. The summed E-state index contributed by atoms with van der Waals surface area (Å²) < 4.78 is 1.58. The Morgan fingerprint density at radius 3 is 2.68 bits per heavy atom. The lowest BCUT2D eigenvalue weighted by Gasteiger charge is -2.04. The summed E-state index contributed by atoms with van der Waals surface area (Å²) in [5.41, 5.74) is 1.80. The average Bonchev–Trinajstić information content (AvgIpc) is 3.25. The first-order valence-corrected chi connectivity index (χ1v) is 8.92. The maximum absolute atomic E-state index is 11.5. The first-order chi connectivity index (χ1) is 12.1. The first-order valence-electron chi connectivity index (χ1n) is 7.31. The van der Waals surface area contributed by atoms with E-state index < -0.39 is 5.97 Å². The molecule has 0 bridgehead atoms. The van der Waals surface area contributed by atoms with Crippen LogP contribution in [-0.4, -0.2) is 26.3 Å². The van der Waals surface area contributed by atoms with E-state index in [1.165, 1.54) is 11.3 Å². The van der Waals surface area contributed by atoms with Crippen molar-refractivity contribution in [1.29, 1.82) is 0 Å². The van der Waals surface area contributed by atoms with E-state index in [1.54, 1.807) is 12.4 Å². The van der Waals surface area contributed by atoms with Crippen LogP contribution in [0.15, 0.2) is 53.3 Å². The van der Waals surface area contributed by atoms with E-state index in [9.17, 15) is 9.90 Å². The van der Waals surface area contributed by atoms with Gasteiger partial charge in [0.1, 0.15) is 0 Å². The molecule has 25 heavy (non-hydrogen) atoms. The highest BCUT2D eigenvalue weighted by Gasteiger charge is 2.19. The van der Waals surface area contributed by atoms with Crippen LogP contribution < -0.4 is 5.32 Å². The summed E-state index contributed by atoms with van der Waals surface area (Å²) >= 11 is 4.81. The SMILES string of the molecule is O=C(O)c1nnc(Nc2cc[nH]c2)c2cc(-c3ccc(Br)cc3)sc12. The minimum absolute atomic E-state index is 0.0389. The van der Waals surface area contributed by atoms with Crippen LogP contribution in [0.4, 0.5) is 11.5 Å². The molecular formula is C17H11BrN4O2S. The van der Waals surface area contributed by atoms with Gasteiger partial charge >= 0.3 is 5.97 Å². The zero-order valence-corrected chi connectivity index (χ0v) is 15.1. The number of carbonyl (C=O) groups is 1. The molecule has 0 aliphatic rings. The van der Waals surface area contributed by atoms with Gasteiger partial charge in [-0.05, 0) is 29.8 Å². The van der Waals surface area contributed by atoms with Crippen molar-refractivity contribution in [3.8, 4) is 10.4 Å². The number of benzene rings is 1. The minimum atomic E-state index is -1.09. The highest BCUT2D eigenvalue weighted by atomic mass is 79.9. The Hall–Kier alpha value is -2.71. The number of hydrogen-bond donors (Lipinski definition) is 3. The molecule has 0 atom stereocenters. The monoisotopic (exact) mass is 414 g/mol. The van der Waals surface area contributed by atoms with E-state index in [2.05, 4.69) is 36.4 Å². The lowest BCUT2D eigenvalue weighted by atomic mass is 10.1. The van der Waals surface area contributed by atoms with Crippen LogP contribution in [0.1, 0.15) is 10.5 Å². The van der Waals surface area contributed by atoms with Gasteiger partial charge in [0, 0.05) is 27.1 Å². The highest BCUT2D eigenvalue weighted by molar-refractivity contribution is 9.10. The van der Waals surface area contributed by atoms with Crippen molar-refractivity contribution in [2.75, 3.05) is 5.32 Å². The van der Waals surface area contributed by atoms with Gasteiger partial charge < -0.3 is 15.4 Å². The second kappa shape index (κ2) is 6.30. The fourth-order valence-electron chi connectivity index (χ4n) is 2.47. The summed E-state index contributed by atoms with van der Waals surface area (Å²) in [5, 5.41) is 21.3. The van der Waals surface area contributed by atoms with Gasteiger partial charge in [-0.1, -0.05) is 28.1 Å². The molecule has 3 aromatic heterocycles. The van der Waals surface area contributed by atoms with Crippen LogP contribution in [0.5, 0.6) is 0 Å². The molecule has 0 aliphatic carbocycles. The van der Waals surface area contributed by atoms with Crippen molar-refractivity contribution in [3.05, 3.63) is 59.0 Å². The topological polar surface area (TPSA) is 90.9 Å². The fraction of sp³-hybridized carbons (Fsp3) is 0. The Bertz CT molecular complexity index is 1060. The Morgan fingerprint density at radius 2 is 2.00 bits per heavy atom. The lowest BCUT2D eigenvalue weighted by Crippen LogP contribution is -2.04. The largest absolute Gasteiger partial charge is 0.476 e. The molecular weight excluding hydrogens is 404 g/mol. The molecule has 0 aliphatic heterocycles. The van der Waals surface area contributed by atoms with E-state index in [1.807, 2.05) is 36.4 Å². The molecule has 0 unspecified atom stereocenters. The van der Waals surface area contributed by atoms with Crippen molar-refractivity contribution < 1.29 is 9.90 Å². The Kier molecular flexibility index (Phi) is 3.98. The van der Waals surface area contributed by atoms with Gasteiger partial charge in [0.05, 0.1) is 10.4 Å². The molecule has 0 saturated heterocycles. The summed E-state index contributed by atoms with van der Waals surface area (Å²) in [5.74, 6) is -0.561. The molecule has 3 N–H and O–H groups in total. The Morgan fingerprint density at radius 1 is 1.20 bits per heavy atom. The van der Waals surface area contributed by atoms with E-state index in [-0.39, 0.29) is 5.69 Å². The van der Waals surface area contributed by atoms with Crippen LogP contribution in [0.25, 0.3) is 20.5 Å². The van der Waals surface area contributed by atoms with Gasteiger partial charge in [-0.25, -0.2) is 4.79 Å². The van der Waals surface area contributed by atoms with Gasteiger partial charge in [-0.2, -0.15) is 0 Å². The predicted molar refractivity (Wildman–Crippen MR) is 102 cm³/mol. The molecule has 4 aromatic rings. The van der Waals surface area contributed by atoms with Crippen LogP contribution >= 0.6 is 27.3 Å². The molecule has 0 amide bonds. The maximum atomic E-state index is 11.5. The van der Waals surface area contributed by atoms with Crippen molar-refractivity contribution >= 4 is 54.8 Å². The maximum Gasteiger partial charge on any atom is 0.357 e. The average molecular weight is 415 g/mol. The zero-order chi connectivity index (χ0) is 17.4. The van der Waals surface area contributed by atoms with Crippen molar-refractivity contribution in [2.45, 2.75) is 0 Å². The van der Waals surface area contributed by atoms with Gasteiger partial charge in [0.25, 0.3) is 0 Å². The molecule has 0 saturated carbocycles. The van der Waals surface area contributed by atoms with Crippen LogP contribution in [0.3, 0.4) is 0 Å². The summed E-state index contributed by atoms with van der Waals surface area (Å²) in [7, 11) is 0. The van der Waals surface area contributed by atoms with E-state index >= 15 is 0 Å². The summed E-state index contributed by atoms with van der Waals surface area (Å²) in [6.07, 6.45) is 3.58. The number of H-pyrrole nitrogens is 1. The van der Waals surface area contributed by atoms with Gasteiger partial charge in [0.2, 0.25) is 0 Å². The smallest absolute Gasteiger partial charge is 0.357 e. The normalized spacial score (nSPS) is 10.9. The van der Waals surface area contributed by atoms with Crippen molar-refractivity contribution in [3.63, 3.8) is 0 Å². The number of fused-ring (bicyclic) bond motifs is 1. The molecule has 0 radical (unpaired) electrons. The third-order valence-corrected chi connectivity index (χ3v) is 5.36. The highest BCUT2D eigenvalue weighted by Crippen LogP contribution is 2.38. The van der Waals surface area contributed by atoms with Gasteiger partial charge in [-0.15, -0.1) is 21.5 Å². The molecule has 4 rings (SSSR count). The number of aromatic amines is 1. The minimum Gasteiger partial charge on any atom is -0.476 e. The number of halogens is 1. The van der Waals surface area contributed by atoms with Crippen molar-refractivity contribution in [1.82, 2.24) is 15.2 Å². The predicted octanol–water partition coefficient (Wildman–Crippen LogP) is 4.89. The van der Waals surface area contributed by atoms with E-state index in [0.717, 1.165) is 26.0 Å². The summed E-state index contributed by atoms with van der Waals surface area (Å²) in [6.45, 7) is 0. The van der Waals surface area contributed by atoms with Gasteiger partial charge in [-0.3, -0.25) is 0 Å². The first kappa shape index (κ1) is 15.8. The molecule has 0 spiro atoms. The Balaban J connectivity index is 1.88. The van der Waals surface area contributed by atoms with E-state index in [4.69, 9.17) is 0 Å². The number of nitrogens with zero attached hydrogens (tertiary/aromatic N) is 2. The number of anilines is 2. The number of aromatic nitrogens is 3. The fourth-order valence-corrected chi connectivity index (χ4v) is 3.87. The molecule has 6 nitrogen and oxygen atoms in total. The molecule has 8 heteroatoms.